The van der Waals surface area contributed by atoms with Crippen LogP contribution >= 0.6 is 11.8 Å². The van der Waals surface area contributed by atoms with Crippen LogP contribution in [0.25, 0.3) is 11.4 Å². The molecule has 2 aromatic heterocycles. The molecule has 8 heteroatoms. The first-order valence-electron chi connectivity index (χ1n) is 7.77. The Morgan fingerprint density at radius 1 is 1.21 bits per heavy atom. The summed E-state index contributed by atoms with van der Waals surface area (Å²) in [6.07, 6.45) is 2.95. The van der Waals surface area contributed by atoms with Crippen LogP contribution in [-0.4, -0.2) is 24.9 Å². The van der Waals surface area contributed by atoms with E-state index in [9.17, 15) is 4.39 Å². The smallest absolute Gasteiger partial charge is 0.226 e. The van der Waals surface area contributed by atoms with Gasteiger partial charge in [-0.05, 0) is 30.7 Å². The summed E-state index contributed by atoms with van der Waals surface area (Å²) in [5, 5.41) is 13.1. The molecule has 0 amide bonds. The maximum atomic E-state index is 13.0. The van der Waals surface area contributed by atoms with Crippen molar-refractivity contribution in [3.8, 4) is 11.4 Å². The molecule has 2 heterocycles. The predicted molar refractivity (Wildman–Crippen MR) is 88.9 cm³/mol. The third-order valence-electron chi connectivity index (χ3n) is 3.52. The summed E-state index contributed by atoms with van der Waals surface area (Å²) in [6.45, 7) is 2.12. The van der Waals surface area contributed by atoms with Crippen molar-refractivity contribution in [2.45, 2.75) is 37.1 Å². The number of hydrogen-bond donors (Lipinski definition) is 0. The minimum Gasteiger partial charge on any atom is -0.339 e. The minimum absolute atomic E-state index is 0.272. The van der Waals surface area contributed by atoms with Gasteiger partial charge in [0.05, 0.1) is 5.75 Å². The molecule has 3 rings (SSSR count). The van der Waals surface area contributed by atoms with Gasteiger partial charge in [-0.25, -0.2) is 4.39 Å². The van der Waals surface area contributed by atoms with Gasteiger partial charge in [0.1, 0.15) is 5.82 Å². The molecule has 1 aromatic carbocycles. The van der Waals surface area contributed by atoms with Crippen LogP contribution in [0, 0.1) is 5.82 Å². The zero-order valence-corrected chi connectivity index (χ0v) is 14.4. The molecule has 126 valence electrons. The van der Waals surface area contributed by atoms with Crippen molar-refractivity contribution < 1.29 is 8.91 Å². The Balaban J connectivity index is 1.66. The van der Waals surface area contributed by atoms with Crippen LogP contribution in [0.5, 0.6) is 0 Å². The van der Waals surface area contributed by atoms with E-state index < -0.39 is 0 Å². The molecule has 0 unspecified atom stereocenters. The second-order valence-corrected chi connectivity index (χ2v) is 6.31. The Hall–Kier alpha value is -2.22. The maximum absolute atomic E-state index is 13.0. The van der Waals surface area contributed by atoms with Crippen LogP contribution in [0.15, 0.2) is 33.9 Å². The fraction of sp³-hybridized carbons (Fsp3) is 0.375. The molecule has 0 aliphatic heterocycles. The largest absolute Gasteiger partial charge is 0.339 e. The Labute approximate surface area is 143 Å². The molecular formula is C16H18FN5OS. The van der Waals surface area contributed by atoms with Crippen LogP contribution in [0.1, 0.15) is 31.5 Å². The molecule has 3 aromatic rings. The Bertz CT molecular complexity index is 799. The fourth-order valence-corrected chi connectivity index (χ4v) is 2.95. The number of halogens is 1. The lowest BCUT2D eigenvalue weighted by atomic mass is 10.2. The minimum atomic E-state index is -0.272. The summed E-state index contributed by atoms with van der Waals surface area (Å²) >= 11 is 1.49. The average Bonchev–Trinajstić information content (AvgIpc) is 3.19. The van der Waals surface area contributed by atoms with Crippen molar-refractivity contribution >= 4 is 11.8 Å². The van der Waals surface area contributed by atoms with E-state index >= 15 is 0 Å². The van der Waals surface area contributed by atoms with Crippen molar-refractivity contribution in [3.63, 3.8) is 0 Å². The number of rotatable bonds is 7. The van der Waals surface area contributed by atoms with Crippen LogP contribution in [0.3, 0.4) is 0 Å². The number of benzene rings is 1. The molecule has 0 spiro atoms. The summed E-state index contributed by atoms with van der Waals surface area (Å²) in [7, 11) is 1.88. The molecule has 0 aliphatic rings. The highest BCUT2D eigenvalue weighted by atomic mass is 32.2. The van der Waals surface area contributed by atoms with E-state index in [1.165, 1.54) is 23.9 Å². The van der Waals surface area contributed by atoms with Gasteiger partial charge < -0.3 is 9.09 Å². The van der Waals surface area contributed by atoms with Gasteiger partial charge in [0.25, 0.3) is 0 Å². The highest BCUT2D eigenvalue weighted by Gasteiger charge is 2.13. The fourth-order valence-electron chi connectivity index (χ4n) is 2.20. The van der Waals surface area contributed by atoms with Gasteiger partial charge in [-0.3, -0.25) is 0 Å². The van der Waals surface area contributed by atoms with Gasteiger partial charge in [0, 0.05) is 19.0 Å². The van der Waals surface area contributed by atoms with Crippen molar-refractivity contribution in [1.29, 1.82) is 0 Å². The van der Waals surface area contributed by atoms with E-state index in [2.05, 4.69) is 27.3 Å². The molecule has 0 radical (unpaired) electrons. The highest BCUT2D eigenvalue weighted by Crippen LogP contribution is 2.24. The van der Waals surface area contributed by atoms with E-state index in [1.54, 1.807) is 12.1 Å². The third kappa shape index (κ3) is 3.81. The topological polar surface area (TPSA) is 69.6 Å². The van der Waals surface area contributed by atoms with E-state index in [-0.39, 0.29) is 5.82 Å². The summed E-state index contributed by atoms with van der Waals surface area (Å²) in [4.78, 5) is 4.37. The number of unbranched alkanes of at least 4 members (excludes halogenated alkanes) is 1. The lowest BCUT2D eigenvalue weighted by molar-refractivity contribution is 0.371. The summed E-state index contributed by atoms with van der Waals surface area (Å²) in [6, 6.07) is 6.20. The zero-order valence-electron chi connectivity index (χ0n) is 13.6. The summed E-state index contributed by atoms with van der Waals surface area (Å²) in [5.41, 5.74) is 0.819. The van der Waals surface area contributed by atoms with Crippen molar-refractivity contribution in [1.82, 2.24) is 24.9 Å². The summed E-state index contributed by atoms with van der Waals surface area (Å²) in [5.74, 6) is 2.31. The van der Waals surface area contributed by atoms with Crippen LogP contribution in [0.2, 0.25) is 0 Å². The predicted octanol–water partition coefficient (Wildman–Crippen LogP) is 3.64. The SMILES string of the molecule is CCCCc1nc(CSc2nnc(-c3ccc(F)cc3)n2C)no1. The number of thioether (sulfide) groups is 1. The molecule has 0 N–H and O–H groups in total. The molecule has 0 bridgehead atoms. The average molecular weight is 347 g/mol. The second-order valence-electron chi connectivity index (χ2n) is 5.37. The monoisotopic (exact) mass is 347 g/mol. The van der Waals surface area contributed by atoms with Gasteiger partial charge in [-0.1, -0.05) is 30.3 Å². The van der Waals surface area contributed by atoms with Gasteiger partial charge in [-0.15, -0.1) is 10.2 Å². The van der Waals surface area contributed by atoms with E-state index in [4.69, 9.17) is 4.52 Å². The molecule has 0 saturated heterocycles. The van der Waals surface area contributed by atoms with E-state index in [0.717, 1.165) is 30.0 Å². The van der Waals surface area contributed by atoms with Crippen molar-refractivity contribution in [3.05, 3.63) is 41.8 Å². The molecule has 24 heavy (non-hydrogen) atoms. The Morgan fingerprint density at radius 2 is 2.00 bits per heavy atom. The molecule has 0 atom stereocenters. The first-order valence-corrected chi connectivity index (χ1v) is 8.75. The molecule has 0 aliphatic carbocycles. The first kappa shape index (κ1) is 16.6. The quantitative estimate of drug-likeness (QED) is 0.608. The van der Waals surface area contributed by atoms with Gasteiger partial charge >= 0.3 is 0 Å². The standard InChI is InChI=1S/C16H18FN5OS/c1-3-4-5-14-18-13(21-23-14)10-24-16-20-19-15(22(16)2)11-6-8-12(17)9-7-11/h6-9H,3-5,10H2,1-2H3. The lowest BCUT2D eigenvalue weighted by Crippen LogP contribution is -1.95. The number of aryl methyl sites for hydroxylation is 1. The zero-order chi connectivity index (χ0) is 16.9. The molecule has 0 saturated carbocycles. The summed E-state index contributed by atoms with van der Waals surface area (Å²) < 4.78 is 20.1. The second kappa shape index (κ2) is 7.57. The van der Waals surface area contributed by atoms with E-state index in [0.29, 0.717) is 23.3 Å². The third-order valence-corrected chi connectivity index (χ3v) is 4.54. The van der Waals surface area contributed by atoms with Crippen LogP contribution < -0.4 is 0 Å². The maximum Gasteiger partial charge on any atom is 0.226 e. The van der Waals surface area contributed by atoms with Crippen LogP contribution in [0.4, 0.5) is 4.39 Å². The molecule has 0 fully saturated rings. The van der Waals surface area contributed by atoms with Gasteiger partial charge in [0.15, 0.2) is 16.8 Å². The Morgan fingerprint density at radius 3 is 2.75 bits per heavy atom. The highest BCUT2D eigenvalue weighted by molar-refractivity contribution is 7.98. The van der Waals surface area contributed by atoms with Crippen molar-refractivity contribution in [2.24, 2.45) is 7.05 Å². The number of hydrogen-bond acceptors (Lipinski definition) is 6. The number of aromatic nitrogens is 5. The van der Waals surface area contributed by atoms with Gasteiger partial charge in [0.2, 0.25) is 5.89 Å². The normalized spacial score (nSPS) is 11.1. The Kier molecular flexibility index (Phi) is 5.24. The van der Waals surface area contributed by atoms with Gasteiger partial charge in [-0.2, -0.15) is 4.98 Å². The molecular weight excluding hydrogens is 329 g/mol. The van der Waals surface area contributed by atoms with Crippen LogP contribution in [-0.2, 0) is 19.2 Å². The lowest BCUT2D eigenvalue weighted by Gasteiger charge is -2.02. The molecule has 6 nitrogen and oxygen atoms in total. The van der Waals surface area contributed by atoms with Crippen molar-refractivity contribution in [2.75, 3.05) is 0 Å². The van der Waals surface area contributed by atoms with E-state index in [1.807, 2.05) is 11.6 Å². The first-order chi connectivity index (χ1) is 11.7. The number of nitrogens with zero attached hydrogens (tertiary/aromatic N) is 5.